The number of hydrogen-bond donors (Lipinski definition) is 2. The van der Waals surface area contributed by atoms with E-state index in [1.54, 1.807) is 0 Å². The highest BCUT2D eigenvalue weighted by Crippen LogP contribution is 2.24. The largest absolute Gasteiger partial charge is 0.356 e. The van der Waals surface area contributed by atoms with Gasteiger partial charge < -0.3 is 11.1 Å². The van der Waals surface area contributed by atoms with Gasteiger partial charge in [-0.3, -0.25) is 4.79 Å². The Hall–Kier alpha value is -0.280. The Bertz CT molecular complexity index is 265. The van der Waals surface area contributed by atoms with Crippen LogP contribution in [0.3, 0.4) is 0 Å². The summed E-state index contributed by atoms with van der Waals surface area (Å²) in [7, 11) is 0. The number of halogens is 1. The molecule has 2 atom stereocenters. The third kappa shape index (κ3) is 5.70. The average molecular weight is 289 g/mol. The maximum atomic E-state index is 12.1. The van der Waals surface area contributed by atoms with E-state index in [2.05, 4.69) is 5.32 Å². The molecule has 0 aromatic carbocycles. The van der Waals surface area contributed by atoms with Crippen molar-refractivity contribution in [1.82, 2.24) is 5.32 Å². The molecule has 0 aliphatic heterocycles. The first-order valence-electron chi connectivity index (χ1n) is 7.79. The Morgan fingerprint density at radius 2 is 1.68 bits per heavy atom. The molecular formula is C15H29ClN2O. The van der Waals surface area contributed by atoms with Gasteiger partial charge in [0.05, 0.1) is 0 Å². The topological polar surface area (TPSA) is 55.1 Å². The first kappa shape index (κ1) is 16.8. The third-order valence-corrected chi connectivity index (χ3v) is 4.61. The number of amides is 1. The first-order valence-corrected chi connectivity index (χ1v) is 7.79. The Morgan fingerprint density at radius 1 is 1.00 bits per heavy atom. The first-order chi connectivity index (χ1) is 8.75. The van der Waals surface area contributed by atoms with E-state index < -0.39 is 0 Å². The van der Waals surface area contributed by atoms with E-state index in [4.69, 9.17) is 5.73 Å². The molecule has 2 unspecified atom stereocenters. The van der Waals surface area contributed by atoms with Gasteiger partial charge in [-0.1, -0.05) is 32.1 Å². The molecule has 2 fully saturated rings. The molecular weight excluding hydrogens is 260 g/mol. The molecule has 0 radical (unpaired) electrons. The monoisotopic (exact) mass is 288 g/mol. The summed E-state index contributed by atoms with van der Waals surface area (Å²) < 4.78 is 0. The van der Waals surface area contributed by atoms with Gasteiger partial charge in [0, 0.05) is 18.5 Å². The van der Waals surface area contributed by atoms with E-state index in [0.29, 0.717) is 17.9 Å². The Morgan fingerprint density at radius 3 is 2.32 bits per heavy atom. The standard InChI is InChI=1S/C15H28N2O.ClH/c16-14-9-5-6-12(10-14)11-17-15(18)13-7-3-1-2-4-8-13;/h12-14H,1-11,16H2,(H,17,18);1H. The SMILES string of the molecule is Cl.NC1CCCC(CNC(=O)C2CCCCCC2)C1. The summed E-state index contributed by atoms with van der Waals surface area (Å²) in [5.74, 6) is 1.20. The highest BCUT2D eigenvalue weighted by atomic mass is 35.5. The number of carbonyl (C=O) groups excluding carboxylic acids is 1. The molecule has 0 saturated heterocycles. The van der Waals surface area contributed by atoms with Crippen molar-refractivity contribution in [2.24, 2.45) is 17.6 Å². The zero-order valence-corrected chi connectivity index (χ0v) is 12.7. The summed E-state index contributed by atoms with van der Waals surface area (Å²) in [6, 6.07) is 0.360. The van der Waals surface area contributed by atoms with E-state index in [1.807, 2.05) is 0 Å². The quantitative estimate of drug-likeness (QED) is 0.785. The zero-order valence-electron chi connectivity index (χ0n) is 11.9. The molecule has 19 heavy (non-hydrogen) atoms. The molecule has 2 saturated carbocycles. The number of carbonyl (C=O) groups is 1. The van der Waals surface area contributed by atoms with Crippen LogP contribution in [0.5, 0.6) is 0 Å². The van der Waals surface area contributed by atoms with Crippen molar-refractivity contribution < 1.29 is 4.79 Å². The fraction of sp³-hybridized carbons (Fsp3) is 0.933. The molecule has 2 aliphatic carbocycles. The normalized spacial score (nSPS) is 29.1. The zero-order chi connectivity index (χ0) is 12.8. The molecule has 112 valence electrons. The highest BCUT2D eigenvalue weighted by Gasteiger charge is 2.23. The van der Waals surface area contributed by atoms with Gasteiger partial charge in [-0.15, -0.1) is 12.4 Å². The second-order valence-corrected chi connectivity index (χ2v) is 6.23. The van der Waals surface area contributed by atoms with Crippen LogP contribution < -0.4 is 11.1 Å². The van der Waals surface area contributed by atoms with Gasteiger partial charge in [0.25, 0.3) is 0 Å². The molecule has 1 amide bonds. The van der Waals surface area contributed by atoms with Crippen LogP contribution in [0.15, 0.2) is 0 Å². The van der Waals surface area contributed by atoms with Crippen molar-refractivity contribution in [2.45, 2.75) is 70.3 Å². The van der Waals surface area contributed by atoms with Gasteiger partial charge in [0.15, 0.2) is 0 Å². The molecule has 0 aromatic heterocycles. The van der Waals surface area contributed by atoms with Crippen LogP contribution in [0, 0.1) is 11.8 Å². The fourth-order valence-electron chi connectivity index (χ4n) is 3.45. The lowest BCUT2D eigenvalue weighted by Crippen LogP contribution is -2.38. The van der Waals surface area contributed by atoms with Crippen LogP contribution in [0.4, 0.5) is 0 Å². The van der Waals surface area contributed by atoms with Gasteiger partial charge in [0.2, 0.25) is 5.91 Å². The molecule has 2 rings (SSSR count). The number of nitrogens with two attached hydrogens (primary N) is 1. The number of hydrogen-bond acceptors (Lipinski definition) is 2. The minimum absolute atomic E-state index is 0. The van der Waals surface area contributed by atoms with Crippen LogP contribution in [0.1, 0.15) is 64.2 Å². The van der Waals surface area contributed by atoms with Crippen LogP contribution in [0.25, 0.3) is 0 Å². The molecule has 3 N–H and O–H groups in total. The molecule has 0 bridgehead atoms. The van der Waals surface area contributed by atoms with E-state index in [0.717, 1.165) is 32.2 Å². The van der Waals surface area contributed by atoms with Gasteiger partial charge in [-0.25, -0.2) is 0 Å². The van der Waals surface area contributed by atoms with Gasteiger partial charge in [0.1, 0.15) is 0 Å². The maximum Gasteiger partial charge on any atom is 0.223 e. The van der Waals surface area contributed by atoms with Crippen molar-refractivity contribution in [1.29, 1.82) is 0 Å². The van der Waals surface area contributed by atoms with Crippen molar-refractivity contribution in [3.8, 4) is 0 Å². The van der Waals surface area contributed by atoms with E-state index >= 15 is 0 Å². The second-order valence-electron chi connectivity index (χ2n) is 6.23. The third-order valence-electron chi connectivity index (χ3n) is 4.61. The predicted octanol–water partition coefficient (Wildman–Crippen LogP) is 3.01. The lowest BCUT2D eigenvalue weighted by molar-refractivity contribution is -0.125. The predicted molar refractivity (Wildman–Crippen MR) is 81.4 cm³/mol. The lowest BCUT2D eigenvalue weighted by atomic mass is 9.86. The summed E-state index contributed by atoms with van der Waals surface area (Å²) in [6.07, 6.45) is 12.0. The molecule has 2 aliphatic rings. The molecule has 4 heteroatoms. The summed E-state index contributed by atoms with van der Waals surface area (Å²) in [5.41, 5.74) is 5.98. The smallest absolute Gasteiger partial charge is 0.223 e. The van der Waals surface area contributed by atoms with Crippen molar-refractivity contribution in [3.63, 3.8) is 0 Å². The summed E-state index contributed by atoms with van der Waals surface area (Å²) in [4.78, 5) is 12.1. The van der Waals surface area contributed by atoms with Crippen LogP contribution in [-0.4, -0.2) is 18.5 Å². The van der Waals surface area contributed by atoms with Crippen molar-refractivity contribution in [2.75, 3.05) is 6.54 Å². The highest BCUT2D eigenvalue weighted by molar-refractivity contribution is 5.85. The molecule has 0 heterocycles. The minimum Gasteiger partial charge on any atom is -0.356 e. The fourth-order valence-corrected chi connectivity index (χ4v) is 3.45. The Kier molecular flexibility index (Phi) is 7.77. The lowest BCUT2D eigenvalue weighted by Gasteiger charge is -2.27. The molecule has 0 aromatic rings. The van der Waals surface area contributed by atoms with Crippen LogP contribution in [0.2, 0.25) is 0 Å². The maximum absolute atomic E-state index is 12.1. The van der Waals surface area contributed by atoms with Crippen molar-refractivity contribution in [3.05, 3.63) is 0 Å². The molecule has 3 nitrogen and oxygen atoms in total. The van der Waals surface area contributed by atoms with E-state index in [9.17, 15) is 4.79 Å². The van der Waals surface area contributed by atoms with Gasteiger partial charge in [-0.05, 0) is 38.0 Å². The van der Waals surface area contributed by atoms with Crippen LogP contribution >= 0.6 is 12.4 Å². The second kappa shape index (κ2) is 8.80. The van der Waals surface area contributed by atoms with E-state index in [1.165, 1.54) is 38.5 Å². The summed E-state index contributed by atoms with van der Waals surface area (Å²) >= 11 is 0. The number of rotatable bonds is 3. The number of nitrogens with one attached hydrogen (secondary N) is 1. The van der Waals surface area contributed by atoms with Gasteiger partial charge in [-0.2, -0.15) is 0 Å². The van der Waals surface area contributed by atoms with Crippen molar-refractivity contribution >= 4 is 18.3 Å². The Balaban J connectivity index is 0.00000180. The van der Waals surface area contributed by atoms with Crippen LogP contribution in [-0.2, 0) is 4.79 Å². The Labute approximate surface area is 123 Å². The average Bonchev–Trinajstić information content (AvgIpc) is 2.65. The summed E-state index contributed by atoms with van der Waals surface area (Å²) in [6.45, 7) is 0.850. The molecule has 0 spiro atoms. The van der Waals surface area contributed by atoms with Gasteiger partial charge >= 0.3 is 0 Å². The minimum atomic E-state index is 0. The van der Waals surface area contributed by atoms with E-state index in [-0.39, 0.29) is 18.3 Å². The summed E-state index contributed by atoms with van der Waals surface area (Å²) in [5, 5.41) is 3.18.